The molecule has 0 fully saturated rings. The predicted molar refractivity (Wildman–Crippen MR) is 213 cm³/mol. The third-order valence-electron chi connectivity index (χ3n) is 10.0. The molecule has 1 aliphatic carbocycles. The van der Waals surface area contributed by atoms with Crippen LogP contribution in [0.5, 0.6) is 0 Å². The van der Waals surface area contributed by atoms with E-state index in [0.717, 1.165) is 55.7 Å². The Morgan fingerprint density at radius 1 is 0.679 bits per heavy atom. The molecule has 2 heterocycles. The maximum Gasteiger partial charge on any atom is 0.114 e. The van der Waals surface area contributed by atoms with E-state index >= 15 is 0 Å². The van der Waals surface area contributed by atoms with Crippen LogP contribution >= 0.6 is 0 Å². The van der Waals surface area contributed by atoms with E-state index < -0.39 is 0 Å². The Bertz CT molecular complexity index is 2730. The van der Waals surface area contributed by atoms with Gasteiger partial charge in [-0.25, -0.2) is 6.08 Å². The monoisotopic (exact) mass is 859 g/mol. The number of hydrogen-bond acceptors (Lipinski definition) is 3. The number of furan rings is 1. The molecule has 0 amide bonds. The number of hydroxylamine groups is 1. The topological polar surface area (TPSA) is 73.0 Å². The minimum Gasteiger partial charge on any atom is -0.481 e. The summed E-state index contributed by atoms with van der Waals surface area (Å²) in [6.07, 6.45) is 4.40. The second kappa shape index (κ2) is 14.4. The fourth-order valence-corrected chi connectivity index (χ4v) is 7.71. The van der Waals surface area contributed by atoms with Crippen LogP contribution in [-0.4, -0.2) is 15.3 Å². The van der Waals surface area contributed by atoms with Crippen LogP contribution in [0.4, 0.5) is 5.69 Å². The van der Waals surface area contributed by atoms with Gasteiger partial charge in [-0.15, -0.1) is 41.5 Å². The number of hydrogen-bond donors (Lipinski definition) is 1. The normalized spacial score (nSPS) is 13.5. The average Bonchev–Trinajstić information content (AvgIpc) is 3.73. The maximum absolute atomic E-state index is 12.5. The van der Waals surface area contributed by atoms with Crippen molar-refractivity contribution in [2.75, 3.05) is 5.06 Å². The van der Waals surface area contributed by atoms with Gasteiger partial charge in [0.1, 0.15) is 5.58 Å². The molecule has 9 aromatic rings. The number of nitrogens with zero attached hydrogens (tertiary/aromatic N) is 2. The summed E-state index contributed by atoms with van der Waals surface area (Å²) in [4.78, 5) is 0. The molecule has 1 aliphatic rings. The van der Waals surface area contributed by atoms with Crippen LogP contribution in [0.2, 0.25) is 0 Å². The minimum atomic E-state index is -0.124. The smallest absolute Gasteiger partial charge is 0.114 e. The summed E-state index contributed by atoms with van der Waals surface area (Å²) in [6, 6.07) is 57.6. The number of rotatable bonds is 5. The zero-order valence-corrected chi connectivity index (χ0v) is 31.9. The van der Waals surface area contributed by atoms with Crippen LogP contribution in [0.3, 0.4) is 0 Å². The molecular weight excluding hydrogens is 824 g/mol. The minimum absolute atomic E-state index is 0. The number of benzene rings is 7. The number of para-hydroxylation sites is 3. The van der Waals surface area contributed by atoms with Crippen LogP contribution in [0, 0.1) is 19.6 Å². The number of anilines is 1. The van der Waals surface area contributed by atoms with Gasteiger partial charge in [-0.05, 0) is 47.5 Å². The van der Waals surface area contributed by atoms with E-state index in [4.69, 9.17) is 4.42 Å². The van der Waals surface area contributed by atoms with Crippen molar-refractivity contribution in [1.82, 2.24) is 4.57 Å². The Kier molecular flexibility index (Phi) is 9.67. The van der Waals surface area contributed by atoms with Crippen molar-refractivity contribution in [1.29, 1.82) is 0 Å². The number of aromatic nitrogens is 1. The van der Waals surface area contributed by atoms with Gasteiger partial charge in [-0.3, -0.25) is 10.3 Å². The third-order valence-corrected chi connectivity index (χ3v) is 10.0. The Labute approximate surface area is 322 Å². The van der Waals surface area contributed by atoms with Crippen molar-refractivity contribution in [2.45, 2.75) is 12.3 Å². The van der Waals surface area contributed by atoms with E-state index in [1.54, 1.807) is 0 Å². The van der Waals surface area contributed by atoms with Crippen molar-refractivity contribution >= 4 is 54.9 Å². The van der Waals surface area contributed by atoms with Gasteiger partial charge >= 0.3 is 0 Å². The molecule has 0 bridgehead atoms. The summed E-state index contributed by atoms with van der Waals surface area (Å²) in [7, 11) is 0. The van der Waals surface area contributed by atoms with Gasteiger partial charge in [0, 0.05) is 49.0 Å². The fourth-order valence-electron chi connectivity index (χ4n) is 7.71. The molecule has 10 rings (SSSR count). The first kappa shape index (κ1) is 35.7. The molecule has 5 nitrogen and oxygen atoms in total. The molecule has 7 aromatic carbocycles. The van der Waals surface area contributed by atoms with E-state index in [0.29, 0.717) is 17.8 Å². The predicted octanol–water partition coefficient (Wildman–Crippen LogP) is 11.2. The van der Waals surface area contributed by atoms with E-state index in [-0.39, 0.29) is 39.9 Å². The summed E-state index contributed by atoms with van der Waals surface area (Å²) in [5.41, 5.74) is 8.98. The standard InChI is InChI=1S/C46H30N2O2.CH3.H2O.W/c49-48(43-27-34(33-23-22-30-12-4-5-15-32(30)26-33)28-45-46(43)38-18-8-11-21-44(38)50-45)42-25-24-35(29-39(42)31-13-2-1-3-14-31)47-40-19-9-6-16-36(40)37-17-7-10-20-41(37)47;;;/h1-13,15-26,29,34,49H,28H2;1H3;1H2;/q-2;-1;;. The fraction of sp³-hybridized carbons (Fsp3) is 0.0426. The van der Waals surface area contributed by atoms with E-state index in [9.17, 15) is 5.21 Å². The average molecular weight is 860 g/mol. The van der Waals surface area contributed by atoms with Crippen LogP contribution in [-0.2, 0) is 27.5 Å². The summed E-state index contributed by atoms with van der Waals surface area (Å²) < 4.78 is 8.80. The van der Waals surface area contributed by atoms with Crippen LogP contribution < -0.4 is 5.06 Å². The van der Waals surface area contributed by atoms with Crippen LogP contribution in [0.1, 0.15) is 22.8 Å². The Balaban J connectivity index is 0.00000145. The Morgan fingerprint density at radius 2 is 1.34 bits per heavy atom. The maximum atomic E-state index is 12.5. The first-order valence-corrected chi connectivity index (χ1v) is 16.9. The first-order chi connectivity index (χ1) is 24.7. The molecule has 1 atom stereocenters. The molecule has 6 heteroatoms. The summed E-state index contributed by atoms with van der Waals surface area (Å²) in [6.45, 7) is 0. The van der Waals surface area contributed by atoms with E-state index in [1.807, 2.05) is 48.5 Å². The molecular formula is C47H35N2O3W-3. The SMILES string of the molecule is O.ON(C1=[C-]C(c2ccc3ccccc3c2)Cc2oc3ccccc3c21)c1ccc(-n2c3ccccc3c3ccccc32)cc1-c1[c-]cccc1.[CH3-].[W]. The molecule has 0 saturated carbocycles. The van der Waals surface area contributed by atoms with E-state index in [1.165, 1.54) is 26.6 Å². The van der Waals surface area contributed by atoms with Gasteiger partial charge in [-0.2, -0.15) is 0 Å². The summed E-state index contributed by atoms with van der Waals surface area (Å²) in [5.74, 6) is 0.716. The molecule has 53 heavy (non-hydrogen) atoms. The quantitative estimate of drug-likeness (QED) is 0.138. The Morgan fingerprint density at radius 3 is 2.08 bits per heavy atom. The van der Waals surface area contributed by atoms with Crippen molar-refractivity contribution in [3.05, 3.63) is 194 Å². The molecule has 0 aliphatic heterocycles. The second-order valence-corrected chi connectivity index (χ2v) is 12.9. The number of fused-ring (bicyclic) bond motifs is 7. The summed E-state index contributed by atoms with van der Waals surface area (Å²) >= 11 is 0. The van der Waals surface area contributed by atoms with Gasteiger partial charge in [-0.1, -0.05) is 131 Å². The van der Waals surface area contributed by atoms with Crippen LogP contribution in [0.25, 0.3) is 66.1 Å². The molecule has 0 spiro atoms. The van der Waals surface area contributed by atoms with E-state index in [2.05, 4.69) is 126 Å². The van der Waals surface area contributed by atoms with Crippen molar-refractivity contribution in [2.24, 2.45) is 0 Å². The molecule has 0 radical (unpaired) electrons. The molecule has 1 unspecified atom stereocenters. The first-order valence-electron chi connectivity index (χ1n) is 16.9. The zero-order valence-electron chi connectivity index (χ0n) is 29.0. The van der Waals surface area contributed by atoms with Gasteiger partial charge in [0.2, 0.25) is 0 Å². The van der Waals surface area contributed by atoms with Gasteiger partial charge in [0.25, 0.3) is 0 Å². The number of allylic oxidation sites excluding steroid dienone is 1. The molecule has 3 N–H and O–H groups in total. The third kappa shape index (κ3) is 5.88. The molecule has 0 saturated heterocycles. The Hall–Kier alpha value is -5.71. The van der Waals surface area contributed by atoms with Gasteiger partial charge in [0.05, 0.1) is 11.0 Å². The molecule has 260 valence electrons. The van der Waals surface area contributed by atoms with Gasteiger partial charge in [0.15, 0.2) is 0 Å². The molecule has 2 aromatic heterocycles. The second-order valence-electron chi connectivity index (χ2n) is 12.9. The van der Waals surface area contributed by atoms with Gasteiger partial charge < -0.3 is 21.9 Å². The summed E-state index contributed by atoms with van der Waals surface area (Å²) in [5, 5.41) is 19.5. The van der Waals surface area contributed by atoms with Crippen molar-refractivity contribution < 1.29 is 36.2 Å². The zero-order chi connectivity index (χ0) is 33.2. The van der Waals surface area contributed by atoms with Crippen LogP contribution in [0.15, 0.2) is 162 Å². The largest absolute Gasteiger partial charge is 0.481 e. The van der Waals surface area contributed by atoms with Crippen molar-refractivity contribution in [3.8, 4) is 16.8 Å². The van der Waals surface area contributed by atoms with Crippen molar-refractivity contribution in [3.63, 3.8) is 0 Å².